The lowest BCUT2D eigenvalue weighted by molar-refractivity contribution is 0.123. The number of aromatic nitrogens is 1. The average Bonchev–Trinajstić information content (AvgIpc) is 3.15. The van der Waals surface area contributed by atoms with Crippen LogP contribution in [0, 0.1) is 0 Å². The number of piperidine rings is 1. The molecule has 2 aliphatic rings. The normalized spacial score (nSPS) is 23.6. The molecule has 2 N–H and O–H groups in total. The maximum absolute atomic E-state index is 12.7. The fourth-order valence-electron chi connectivity index (χ4n) is 5.89. The fraction of sp³-hybridized carbons (Fsp3) is 0.640. The van der Waals surface area contributed by atoms with Gasteiger partial charge in [0, 0.05) is 48.6 Å². The predicted molar refractivity (Wildman–Crippen MR) is 130 cm³/mol. The fourth-order valence-corrected chi connectivity index (χ4v) is 5.89. The van der Waals surface area contributed by atoms with Gasteiger partial charge in [0.25, 0.3) is 0 Å². The van der Waals surface area contributed by atoms with E-state index in [1.54, 1.807) is 0 Å². The molecule has 1 aromatic carbocycles. The molecular formula is C25H40N5O+. The molecule has 1 aromatic heterocycles. The van der Waals surface area contributed by atoms with E-state index in [9.17, 15) is 4.79 Å². The van der Waals surface area contributed by atoms with Gasteiger partial charge in [-0.1, -0.05) is 12.1 Å². The third kappa shape index (κ3) is 3.64. The number of hydrogen-bond donors (Lipinski definition) is 2. The molecule has 6 nitrogen and oxygen atoms in total. The van der Waals surface area contributed by atoms with Crippen LogP contribution in [0.2, 0.25) is 0 Å². The van der Waals surface area contributed by atoms with Gasteiger partial charge in [-0.25, -0.2) is 4.79 Å². The van der Waals surface area contributed by atoms with Gasteiger partial charge in [0.15, 0.2) is 0 Å². The smallest absolute Gasteiger partial charge is 0.317 e. The van der Waals surface area contributed by atoms with Gasteiger partial charge in [-0.2, -0.15) is 0 Å². The first-order valence-corrected chi connectivity index (χ1v) is 12.1. The van der Waals surface area contributed by atoms with Gasteiger partial charge in [0.05, 0.1) is 25.7 Å². The standard InChI is InChI=1S/C25H39N5O/c1-7-29(8-2)25(31)26-17-14-19-18-12-11-13-21-23(18)20(15-22(19)28(5)16-17)24(27-21)30(6,9-3)10-4/h11-13,17,19,22,27H,7-10,14-16H2,1-6H3/p+1/t17-,19+,22+/m0/s1. The highest BCUT2D eigenvalue weighted by Gasteiger charge is 2.43. The summed E-state index contributed by atoms with van der Waals surface area (Å²) >= 11 is 0. The van der Waals surface area contributed by atoms with Crippen LogP contribution < -0.4 is 9.80 Å². The Balaban J connectivity index is 1.70. The SMILES string of the molecule is CCN(CC)C(=O)N[C@H]1C[C@@H]2c3cccc4[nH]c([N+](C)(CC)CC)c(c34)C[C@H]2N(C)C1. The first kappa shape index (κ1) is 22.2. The van der Waals surface area contributed by atoms with E-state index in [0.29, 0.717) is 12.0 Å². The van der Waals surface area contributed by atoms with E-state index in [1.165, 1.54) is 27.8 Å². The first-order valence-electron chi connectivity index (χ1n) is 12.1. The summed E-state index contributed by atoms with van der Waals surface area (Å²) in [6.07, 6.45) is 2.09. The second-order valence-corrected chi connectivity index (χ2v) is 9.62. The number of likely N-dealkylation sites (N-methyl/N-ethyl adjacent to an activating group) is 1. The molecule has 31 heavy (non-hydrogen) atoms. The molecular weight excluding hydrogens is 386 g/mol. The molecule has 3 atom stereocenters. The van der Waals surface area contributed by atoms with Crippen LogP contribution in [-0.4, -0.2) is 79.7 Å². The van der Waals surface area contributed by atoms with Crippen LogP contribution in [-0.2, 0) is 6.42 Å². The number of H-pyrrole nitrogens is 1. The largest absolute Gasteiger partial charge is 0.334 e. The third-order valence-corrected chi connectivity index (χ3v) is 8.14. The molecule has 1 saturated heterocycles. The van der Waals surface area contributed by atoms with E-state index in [2.05, 4.69) is 61.3 Å². The molecule has 1 aliphatic heterocycles. The Morgan fingerprint density at radius 1 is 1.23 bits per heavy atom. The van der Waals surface area contributed by atoms with Gasteiger partial charge in [-0.3, -0.25) is 4.48 Å². The van der Waals surface area contributed by atoms with Gasteiger partial charge in [-0.15, -0.1) is 0 Å². The second-order valence-electron chi connectivity index (χ2n) is 9.62. The van der Waals surface area contributed by atoms with Crippen molar-refractivity contribution in [2.45, 2.75) is 58.5 Å². The van der Waals surface area contributed by atoms with Crippen LogP contribution in [0.4, 0.5) is 10.6 Å². The summed E-state index contributed by atoms with van der Waals surface area (Å²) in [7, 11) is 4.58. The quantitative estimate of drug-likeness (QED) is 0.688. The number of likely N-dealkylation sites (tertiary alicyclic amines) is 1. The van der Waals surface area contributed by atoms with Crippen LogP contribution in [0.25, 0.3) is 10.9 Å². The first-order chi connectivity index (χ1) is 14.9. The minimum absolute atomic E-state index is 0.0689. The molecule has 2 heterocycles. The third-order valence-electron chi connectivity index (χ3n) is 8.14. The zero-order valence-electron chi connectivity index (χ0n) is 20.2. The lowest BCUT2D eigenvalue weighted by Crippen LogP contribution is -2.56. The number of benzene rings is 1. The highest BCUT2D eigenvalue weighted by Crippen LogP contribution is 2.46. The van der Waals surface area contributed by atoms with E-state index in [0.717, 1.165) is 50.0 Å². The van der Waals surface area contributed by atoms with Crippen LogP contribution >= 0.6 is 0 Å². The predicted octanol–water partition coefficient (Wildman–Crippen LogP) is 3.91. The van der Waals surface area contributed by atoms with Crippen molar-refractivity contribution in [3.05, 3.63) is 29.3 Å². The molecule has 6 heteroatoms. The number of fused-ring (bicyclic) bond motifs is 2. The monoisotopic (exact) mass is 426 g/mol. The Labute approximate surface area is 187 Å². The summed E-state index contributed by atoms with van der Waals surface area (Å²) in [6, 6.07) is 7.49. The Morgan fingerprint density at radius 2 is 1.94 bits per heavy atom. The van der Waals surface area contributed by atoms with Crippen molar-refractivity contribution in [1.29, 1.82) is 0 Å². The zero-order chi connectivity index (χ0) is 22.3. The summed E-state index contributed by atoms with van der Waals surface area (Å²) in [4.78, 5) is 20.9. The number of carbonyl (C=O) groups is 1. The molecule has 0 bridgehead atoms. The Bertz CT molecular complexity index is 943. The molecule has 0 unspecified atom stereocenters. The van der Waals surface area contributed by atoms with Crippen LogP contribution in [0.1, 0.15) is 51.2 Å². The lowest BCUT2D eigenvalue weighted by atomic mass is 9.73. The number of carbonyl (C=O) groups excluding carboxylic acids is 1. The van der Waals surface area contributed by atoms with Crippen LogP contribution in [0.5, 0.6) is 0 Å². The molecule has 2 aromatic rings. The molecule has 2 amide bonds. The van der Waals surface area contributed by atoms with Gasteiger partial charge >= 0.3 is 6.03 Å². The summed E-state index contributed by atoms with van der Waals surface area (Å²) in [5, 5.41) is 4.76. The molecule has 0 saturated carbocycles. The summed E-state index contributed by atoms with van der Waals surface area (Å²) in [6.45, 7) is 13.2. The van der Waals surface area contributed by atoms with Crippen LogP contribution in [0.3, 0.4) is 0 Å². The van der Waals surface area contributed by atoms with Crippen molar-refractivity contribution in [3.63, 3.8) is 0 Å². The average molecular weight is 427 g/mol. The number of hydrogen-bond acceptors (Lipinski definition) is 2. The number of aromatic amines is 1. The van der Waals surface area contributed by atoms with Gasteiger partial charge in [0.1, 0.15) is 0 Å². The van der Waals surface area contributed by atoms with Gasteiger partial charge < -0.3 is 20.1 Å². The maximum Gasteiger partial charge on any atom is 0.317 e. The minimum atomic E-state index is 0.0689. The van der Waals surface area contributed by atoms with Crippen molar-refractivity contribution in [1.82, 2.24) is 24.6 Å². The van der Waals surface area contributed by atoms with Crippen molar-refractivity contribution in [2.75, 3.05) is 46.8 Å². The number of urea groups is 1. The Kier molecular flexibility index (Phi) is 6.05. The highest BCUT2D eigenvalue weighted by molar-refractivity contribution is 5.93. The van der Waals surface area contributed by atoms with Crippen molar-refractivity contribution >= 4 is 22.8 Å². The van der Waals surface area contributed by atoms with Crippen molar-refractivity contribution < 1.29 is 4.79 Å². The Morgan fingerprint density at radius 3 is 2.58 bits per heavy atom. The van der Waals surface area contributed by atoms with Gasteiger partial charge in [0.2, 0.25) is 5.82 Å². The van der Waals surface area contributed by atoms with E-state index >= 15 is 0 Å². The summed E-state index contributed by atoms with van der Waals surface area (Å²) in [5.41, 5.74) is 4.23. The summed E-state index contributed by atoms with van der Waals surface area (Å²) in [5.74, 6) is 1.83. The number of rotatable bonds is 6. The number of quaternary nitrogens is 1. The highest BCUT2D eigenvalue weighted by atomic mass is 16.2. The maximum atomic E-state index is 12.7. The molecule has 1 aliphatic carbocycles. The molecule has 170 valence electrons. The Hall–Kier alpha value is -2.05. The zero-order valence-corrected chi connectivity index (χ0v) is 20.2. The van der Waals surface area contributed by atoms with E-state index in [4.69, 9.17) is 0 Å². The van der Waals surface area contributed by atoms with E-state index < -0.39 is 0 Å². The minimum Gasteiger partial charge on any atom is -0.334 e. The number of amides is 2. The number of nitrogens with zero attached hydrogens (tertiary/aromatic N) is 3. The van der Waals surface area contributed by atoms with Crippen molar-refractivity contribution in [2.24, 2.45) is 0 Å². The molecule has 0 radical (unpaired) electrons. The lowest BCUT2D eigenvalue weighted by Gasteiger charge is -2.46. The number of nitrogens with one attached hydrogen (secondary N) is 2. The molecule has 4 rings (SSSR count). The molecule has 0 spiro atoms. The van der Waals surface area contributed by atoms with Gasteiger partial charge in [-0.05, 0) is 59.2 Å². The van der Waals surface area contributed by atoms with Crippen LogP contribution in [0.15, 0.2) is 18.2 Å². The van der Waals surface area contributed by atoms with E-state index in [-0.39, 0.29) is 12.1 Å². The second kappa shape index (κ2) is 8.47. The summed E-state index contributed by atoms with van der Waals surface area (Å²) < 4.78 is 0.938. The topological polar surface area (TPSA) is 51.4 Å². The van der Waals surface area contributed by atoms with E-state index in [1.807, 2.05) is 18.7 Å². The molecule has 1 fully saturated rings. The van der Waals surface area contributed by atoms with Crippen molar-refractivity contribution in [3.8, 4) is 0 Å².